The van der Waals surface area contributed by atoms with Crippen LogP contribution in [0.15, 0.2) is 18.3 Å². The van der Waals surface area contributed by atoms with Gasteiger partial charge in [0.2, 0.25) is 0 Å². The fourth-order valence-electron chi connectivity index (χ4n) is 2.36. The van der Waals surface area contributed by atoms with Crippen molar-refractivity contribution < 1.29 is 0 Å². The molecule has 1 aliphatic rings. The SMILES string of the molecule is CCN1CCN(c2ccc(CBr)cn2)CC1C. The zero-order valence-electron chi connectivity index (χ0n) is 10.6. The van der Waals surface area contributed by atoms with Crippen LogP contribution in [0.4, 0.5) is 5.82 Å². The number of alkyl halides is 1. The Morgan fingerprint density at radius 3 is 2.76 bits per heavy atom. The van der Waals surface area contributed by atoms with Crippen molar-refractivity contribution in [1.82, 2.24) is 9.88 Å². The quantitative estimate of drug-likeness (QED) is 0.799. The molecule has 1 aromatic heterocycles. The number of aromatic nitrogens is 1. The lowest BCUT2D eigenvalue weighted by atomic mass is 10.2. The predicted octanol–water partition coefficient (Wildman–Crippen LogP) is 2.51. The van der Waals surface area contributed by atoms with Crippen LogP contribution in [0, 0.1) is 0 Å². The first kappa shape index (κ1) is 12.8. The Bertz CT molecular complexity index is 352. The summed E-state index contributed by atoms with van der Waals surface area (Å²) in [7, 11) is 0. The van der Waals surface area contributed by atoms with E-state index in [0.717, 1.165) is 37.3 Å². The highest BCUT2D eigenvalue weighted by atomic mass is 79.9. The van der Waals surface area contributed by atoms with Gasteiger partial charge in [0.05, 0.1) is 0 Å². The maximum atomic E-state index is 4.54. The molecule has 1 unspecified atom stereocenters. The first-order chi connectivity index (χ1) is 8.24. The van der Waals surface area contributed by atoms with E-state index in [1.165, 1.54) is 5.56 Å². The van der Waals surface area contributed by atoms with E-state index >= 15 is 0 Å². The monoisotopic (exact) mass is 297 g/mol. The number of piperazine rings is 1. The van der Waals surface area contributed by atoms with Crippen molar-refractivity contribution in [3.63, 3.8) is 0 Å². The van der Waals surface area contributed by atoms with E-state index in [2.05, 4.69) is 56.7 Å². The normalized spacial score (nSPS) is 21.8. The second kappa shape index (κ2) is 5.83. The molecule has 17 heavy (non-hydrogen) atoms. The third kappa shape index (κ3) is 2.99. The average molecular weight is 298 g/mol. The summed E-state index contributed by atoms with van der Waals surface area (Å²) >= 11 is 3.44. The Hall–Kier alpha value is -0.610. The highest BCUT2D eigenvalue weighted by molar-refractivity contribution is 9.08. The summed E-state index contributed by atoms with van der Waals surface area (Å²) in [5.41, 5.74) is 1.23. The van der Waals surface area contributed by atoms with Gasteiger partial charge in [0.25, 0.3) is 0 Å². The van der Waals surface area contributed by atoms with Crippen LogP contribution < -0.4 is 4.90 Å². The second-order valence-corrected chi connectivity index (χ2v) is 5.14. The first-order valence-electron chi connectivity index (χ1n) is 6.24. The first-order valence-corrected chi connectivity index (χ1v) is 7.36. The lowest BCUT2D eigenvalue weighted by Gasteiger charge is -2.39. The maximum absolute atomic E-state index is 4.54. The zero-order valence-corrected chi connectivity index (χ0v) is 12.2. The number of anilines is 1. The van der Waals surface area contributed by atoms with Crippen LogP contribution in [0.1, 0.15) is 19.4 Å². The largest absolute Gasteiger partial charge is 0.354 e. The number of rotatable bonds is 3. The number of hydrogen-bond donors (Lipinski definition) is 0. The summed E-state index contributed by atoms with van der Waals surface area (Å²) in [6, 6.07) is 4.89. The van der Waals surface area contributed by atoms with Crippen molar-refractivity contribution in [2.75, 3.05) is 31.1 Å². The van der Waals surface area contributed by atoms with Gasteiger partial charge in [-0.15, -0.1) is 0 Å². The number of nitrogens with zero attached hydrogens (tertiary/aromatic N) is 3. The van der Waals surface area contributed by atoms with Gasteiger partial charge in [0.1, 0.15) is 5.82 Å². The molecule has 0 bridgehead atoms. The lowest BCUT2D eigenvalue weighted by Crippen LogP contribution is -2.51. The van der Waals surface area contributed by atoms with Crippen LogP contribution in [0.5, 0.6) is 0 Å². The van der Waals surface area contributed by atoms with Crippen molar-refractivity contribution in [2.45, 2.75) is 25.2 Å². The van der Waals surface area contributed by atoms with Crippen molar-refractivity contribution in [3.05, 3.63) is 23.9 Å². The van der Waals surface area contributed by atoms with Crippen LogP contribution in [0.3, 0.4) is 0 Å². The predicted molar refractivity (Wildman–Crippen MR) is 75.8 cm³/mol. The molecule has 0 aliphatic carbocycles. The molecule has 2 rings (SSSR count). The van der Waals surface area contributed by atoms with Gasteiger partial charge >= 0.3 is 0 Å². The van der Waals surface area contributed by atoms with Crippen LogP contribution >= 0.6 is 15.9 Å². The van der Waals surface area contributed by atoms with Gasteiger partial charge in [-0.1, -0.05) is 28.9 Å². The Kier molecular flexibility index (Phi) is 4.40. The highest BCUT2D eigenvalue weighted by Gasteiger charge is 2.22. The van der Waals surface area contributed by atoms with E-state index in [-0.39, 0.29) is 0 Å². The van der Waals surface area contributed by atoms with E-state index in [9.17, 15) is 0 Å². The van der Waals surface area contributed by atoms with Crippen molar-refractivity contribution in [2.24, 2.45) is 0 Å². The Morgan fingerprint density at radius 1 is 1.41 bits per heavy atom. The molecule has 1 fully saturated rings. The smallest absolute Gasteiger partial charge is 0.128 e. The molecule has 94 valence electrons. The molecule has 0 aromatic carbocycles. The minimum atomic E-state index is 0.617. The molecular weight excluding hydrogens is 278 g/mol. The summed E-state index contributed by atoms with van der Waals surface area (Å²) in [5, 5.41) is 0.875. The van der Waals surface area contributed by atoms with Gasteiger partial charge in [-0.25, -0.2) is 4.98 Å². The fourth-order valence-corrected chi connectivity index (χ4v) is 2.69. The average Bonchev–Trinajstić information content (AvgIpc) is 2.39. The van der Waals surface area contributed by atoms with Crippen molar-refractivity contribution in [3.8, 4) is 0 Å². The molecule has 1 aromatic rings. The third-order valence-electron chi connectivity index (χ3n) is 3.46. The molecule has 0 spiro atoms. The summed E-state index contributed by atoms with van der Waals surface area (Å²) in [6.07, 6.45) is 1.96. The number of likely N-dealkylation sites (N-methyl/N-ethyl adjacent to an activating group) is 1. The Balaban J connectivity index is 2.03. The van der Waals surface area contributed by atoms with Gasteiger partial charge in [0.15, 0.2) is 0 Å². The molecule has 0 amide bonds. The standard InChI is InChI=1S/C13H20BrN3/c1-3-16-6-7-17(10-11(16)2)13-5-4-12(8-14)9-15-13/h4-5,9,11H,3,6-8,10H2,1-2H3. The third-order valence-corrected chi connectivity index (χ3v) is 4.11. The minimum Gasteiger partial charge on any atom is -0.354 e. The summed E-state index contributed by atoms with van der Waals surface area (Å²) in [6.45, 7) is 8.97. The molecule has 3 nitrogen and oxygen atoms in total. The van der Waals surface area contributed by atoms with E-state index in [4.69, 9.17) is 0 Å². The van der Waals surface area contributed by atoms with Crippen LogP contribution in [-0.2, 0) is 5.33 Å². The topological polar surface area (TPSA) is 19.4 Å². The van der Waals surface area contributed by atoms with Gasteiger partial charge in [-0.3, -0.25) is 4.90 Å². The summed E-state index contributed by atoms with van der Waals surface area (Å²) < 4.78 is 0. The van der Waals surface area contributed by atoms with Crippen LogP contribution in [0.2, 0.25) is 0 Å². The lowest BCUT2D eigenvalue weighted by molar-refractivity contribution is 0.199. The number of halogens is 1. The van der Waals surface area contributed by atoms with Crippen molar-refractivity contribution >= 4 is 21.7 Å². The second-order valence-electron chi connectivity index (χ2n) is 4.58. The Labute approximate surface area is 112 Å². The van der Waals surface area contributed by atoms with E-state index in [0.29, 0.717) is 6.04 Å². The molecule has 0 N–H and O–H groups in total. The summed E-state index contributed by atoms with van der Waals surface area (Å²) in [4.78, 5) is 9.44. The van der Waals surface area contributed by atoms with Gasteiger partial charge in [-0.2, -0.15) is 0 Å². The molecule has 1 aliphatic heterocycles. The zero-order chi connectivity index (χ0) is 12.3. The van der Waals surface area contributed by atoms with E-state index in [1.807, 2.05) is 6.20 Å². The van der Waals surface area contributed by atoms with E-state index in [1.54, 1.807) is 0 Å². The van der Waals surface area contributed by atoms with Gasteiger partial charge in [0, 0.05) is 37.2 Å². The molecule has 0 saturated carbocycles. The summed E-state index contributed by atoms with van der Waals surface area (Å²) in [5.74, 6) is 1.11. The molecule has 0 radical (unpaired) electrons. The molecular formula is C13H20BrN3. The highest BCUT2D eigenvalue weighted by Crippen LogP contribution is 2.17. The van der Waals surface area contributed by atoms with Crippen molar-refractivity contribution in [1.29, 1.82) is 0 Å². The number of pyridine rings is 1. The maximum Gasteiger partial charge on any atom is 0.128 e. The van der Waals surface area contributed by atoms with E-state index < -0.39 is 0 Å². The van der Waals surface area contributed by atoms with Gasteiger partial charge < -0.3 is 4.90 Å². The molecule has 2 heterocycles. The fraction of sp³-hybridized carbons (Fsp3) is 0.615. The molecule has 1 atom stereocenters. The van der Waals surface area contributed by atoms with Crippen LogP contribution in [-0.4, -0.2) is 42.1 Å². The number of hydrogen-bond acceptors (Lipinski definition) is 3. The van der Waals surface area contributed by atoms with Gasteiger partial charge in [-0.05, 0) is 25.1 Å². The molecule has 4 heteroatoms. The minimum absolute atomic E-state index is 0.617. The molecule has 1 saturated heterocycles. The Morgan fingerprint density at radius 2 is 2.24 bits per heavy atom. The van der Waals surface area contributed by atoms with Crippen LogP contribution in [0.25, 0.3) is 0 Å².